The summed E-state index contributed by atoms with van der Waals surface area (Å²) in [5, 5.41) is 14.1. The molecule has 82 valence electrons. The van der Waals surface area contributed by atoms with Gasteiger partial charge in [0.25, 0.3) is 0 Å². The summed E-state index contributed by atoms with van der Waals surface area (Å²) in [6.45, 7) is 0.676. The molecule has 0 aliphatic carbocycles. The zero-order chi connectivity index (χ0) is 10.7. The first-order valence-corrected chi connectivity index (χ1v) is 6.78. The third-order valence-electron chi connectivity index (χ3n) is 2.24. The van der Waals surface area contributed by atoms with E-state index >= 15 is 0 Å². The summed E-state index contributed by atoms with van der Waals surface area (Å²) in [4.78, 5) is 14.6. The number of carbonyl (C=O) groups is 1. The van der Waals surface area contributed by atoms with E-state index in [1.165, 1.54) is 23.5 Å². The van der Waals surface area contributed by atoms with Crippen molar-refractivity contribution in [2.24, 2.45) is 0 Å². The molecule has 2 heterocycles. The number of hydrogen-bond acceptors (Lipinski definition) is 5. The van der Waals surface area contributed by atoms with Gasteiger partial charge in [0.2, 0.25) is 5.01 Å². The van der Waals surface area contributed by atoms with Gasteiger partial charge in [-0.05, 0) is 12.2 Å². The highest BCUT2D eigenvalue weighted by Gasteiger charge is 2.15. The number of aromatic nitrogens is 1. The van der Waals surface area contributed by atoms with Gasteiger partial charge in [-0.25, -0.2) is 9.78 Å². The van der Waals surface area contributed by atoms with Crippen LogP contribution in [0.1, 0.15) is 21.9 Å². The van der Waals surface area contributed by atoms with Crippen LogP contribution in [0.25, 0.3) is 0 Å². The molecule has 1 aliphatic heterocycles. The van der Waals surface area contributed by atoms with Crippen LogP contribution in [-0.4, -0.2) is 33.6 Å². The van der Waals surface area contributed by atoms with Gasteiger partial charge < -0.3 is 10.4 Å². The highest BCUT2D eigenvalue weighted by Crippen LogP contribution is 2.17. The highest BCUT2D eigenvalue weighted by molar-refractivity contribution is 7.99. The monoisotopic (exact) mass is 244 g/mol. The molecule has 1 unspecified atom stereocenters. The van der Waals surface area contributed by atoms with Crippen molar-refractivity contribution in [2.45, 2.75) is 19.0 Å². The maximum absolute atomic E-state index is 10.6. The number of hydrogen-bond donors (Lipinski definition) is 2. The van der Waals surface area contributed by atoms with E-state index in [1.54, 1.807) is 5.38 Å². The maximum Gasteiger partial charge on any atom is 0.365 e. The number of aromatic carboxylic acids is 1. The largest absolute Gasteiger partial charge is 0.476 e. The number of carboxylic acids is 1. The first-order valence-electron chi connectivity index (χ1n) is 4.74. The lowest BCUT2D eigenvalue weighted by atomic mass is 10.2. The lowest BCUT2D eigenvalue weighted by Gasteiger charge is -2.08. The van der Waals surface area contributed by atoms with Gasteiger partial charge in [-0.15, -0.1) is 11.3 Å². The molecule has 0 amide bonds. The Bertz CT molecular complexity index is 348. The fourth-order valence-electron chi connectivity index (χ4n) is 1.43. The zero-order valence-electron chi connectivity index (χ0n) is 8.10. The first kappa shape index (κ1) is 10.9. The topological polar surface area (TPSA) is 62.2 Å². The molecule has 0 bridgehead atoms. The van der Waals surface area contributed by atoms with Crippen LogP contribution in [0.2, 0.25) is 0 Å². The Morgan fingerprint density at radius 2 is 2.60 bits per heavy atom. The van der Waals surface area contributed by atoms with Gasteiger partial charge in [0.15, 0.2) is 0 Å². The molecule has 4 nitrogen and oxygen atoms in total. The van der Waals surface area contributed by atoms with Gasteiger partial charge in [-0.1, -0.05) is 0 Å². The molecule has 6 heteroatoms. The Hall–Kier alpha value is -0.590. The zero-order valence-corrected chi connectivity index (χ0v) is 9.74. The number of nitrogens with one attached hydrogen (secondary N) is 1. The van der Waals surface area contributed by atoms with Gasteiger partial charge in [0.1, 0.15) is 0 Å². The van der Waals surface area contributed by atoms with Crippen molar-refractivity contribution in [3.8, 4) is 0 Å². The molecule has 1 saturated heterocycles. The highest BCUT2D eigenvalue weighted by atomic mass is 32.2. The lowest BCUT2D eigenvalue weighted by molar-refractivity contribution is 0.0696. The molecular weight excluding hydrogens is 232 g/mol. The molecule has 0 saturated carbocycles. The van der Waals surface area contributed by atoms with Crippen LogP contribution in [0.5, 0.6) is 0 Å². The van der Waals surface area contributed by atoms with Crippen molar-refractivity contribution < 1.29 is 9.90 Å². The molecule has 1 aromatic rings. The molecule has 1 aliphatic rings. The minimum Gasteiger partial charge on any atom is -0.476 e. The maximum atomic E-state index is 10.6. The quantitative estimate of drug-likeness (QED) is 0.839. The fourth-order valence-corrected chi connectivity index (χ4v) is 3.27. The predicted molar refractivity (Wildman–Crippen MR) is 61.6 cm³/mol. The molecule has 0 spiro atoms. The Labute approximate surface area is 96.1 Å². The molecular formula is C9H12N2O2S2. The minimum absolute atomic E-state index is 0.174. The SMILES string of the molecule is O=C(O)c1nc(CNC2CCSC2)cs1. The smallest absolute Gasteiger partial charge is 0.365 e. The van der Waals surface area contributed by atoms with Crippen molar-refractivity contribution in [1.29, 1.82) is 0 Å². The van der Waals surface area contributed by atoms with Crippen LogP contribution in [0.4, 0.5) is 0 Å². The van der Waals surface area contributed by atoms with E-state index in [1.807, 2.05) is 11.8 Å². The average molecular weight is 244 g/mol. The number of thiazole rings is 1. The third kappa shape index (κ3) is 2.93. The van der Waals surface area contributed by atoms with Crippen LogP contribution in [0.3, 0.4) is 0 Å². The standard InChI is InChI=1S/C9H12N2O2S2/c12-9(13)8-11-7(5-15-8)3-10-6-1-2-14-4-6/h5-6,10H,1-4H2,(H,12,13). The van der Waals surface area contributed by atoms with Crippen LogP contribution in [0, 0.1) is 0 Å². The van der Waals surface area contributed by atoms with Crippen molar-refractivity contribution in [3.05, 3.63) is 16.1 Å². The van der Waals surface area contributed by atoms with E-state index < -0.39 is 5.97 Å². The van der Waals surface area contributed by atoms with Crippen molar-refractivity contribution in [1.82, 2.24) is 10.3 Å². The van der Waals surface area contributed by atoms with E-state index in [4.69, 9.17) is 5.11 Å². The molecule has 2 N–H and O–H groups in total. The second kappa shape index (κ2) is 4.96. The van der Waals surface area contributed by atoms with Crippen molar-refractivity contribution in [3.63, 3.8) is 0 Å². The first-order chi connectivity index (χ1) is 7.25. The molecule has 1 atom stereocenters. The Morgan fingerprint density at radius 3 is 3.20 bits per heavy atom. The van der Waals surface area contributed by atoms with E-state index in [-0.39, 0.29) is 5.01 Å². The number of carboxylic acid groups (broad SMARTS) is 1. The van der Waals surface area contributed by atoms with Gasteiger partial charge in [-0.3, -0.25) is 0 Å². The normalized spacial score (nSPS) is 20.7. The summed E-state index contributed by atoms with van der Waals surface area (Å²) in [6, 6.07) is 0.560. The Kier molecular flexibility index (Phi) is 3.61. The second-order valence-corrected chi connectivity index (χ2v) is 5.40. The van der Waals surface area contributed by atoms with Crippen LogP contribution < -0.4 is 5.32 Å². The van der Waals surface area contributed by atoms with E-state index in [0.717, 1.165) is 11.4 Å². The van der Waals surface area contributed by atoms with E-state index in [2.05, 4.69) is 10.3 Å². The summed E-state index contributed by atoms with van der Waals surface area (Å²) in [5.74, 6) is 1.42. The Balaban J connectivity index is 1.84. The molecule has 0 aromatic carbocycles. The van der Waals surface area contributed by atoms with Crippen molar-refractivity contribution >= 4 is 29.1 Å². The summed E-state index contributed by atoms with van der Waals surface area (Å²) in [7, 11) is 0. The summed E-state index contributed by atoms with van der Waals surface area (Å²) in [6.07, 6.45) is 1.20. The molecule has 0 radical (unpaired) electrons. The van der Waals surface area contributed by atoms with E-state index in [9.17, 15) is 4.79 Å². The van der Waals surface area contributed by atoms with Crippen molar-refractivity contribution in [2.75, 3.05) is 11.5 Å². The van der Waals surface area contributed by atoms with Gasteiger partial charge in [0, 0.05) is 23.7 Å². The lowest BCUT2D eigenvalue weighted by Crippen LogP contribution is -2.28. The van der Waals surface area contributed by atoms with Crippen LogP contribution in [-0.2, 0) is 6.54 Å². The fraction of sp³-hybridized carbons (Fsp3) is 0.556. The minimum atomic E-state index is -0.942. The van der Waals surface area contributed by atoms with E-state index in [0.29, 0.717) is 12.6 Å². The van der Waals surface area contributed by atoms with Gasteiger partial charge in [0.05, 0.1) is 5.69 Å². The van der Waals surface area contributed by atoms with Gasteiger partial charge >= 0.3 is 5.97 Å². The summed E-state index contributed by atoms with van der Waals surface area (Å²) >= 11 is 3.14. The summed E-state index contributed by atoms with van der Waals surface area (Å²) < 4.78 is 0. The Morgan fingerprint density at radius 1 is 1.73 bits per heavy atom. The number of rotatable bonds is 4. The average Bonchev–Trinajstić information content (AvgIpc) is 2.86. The second-order valence-electron chi connectivity index (χ2n) is 3.39. The van der Waals surface area contributed by atoms with Gasteiger partial charge in [-0.2, -0.15) is 11.8 Å². The predicted octanol–water partition coefficient (Wildman–Crippen LogP) is 1.44. The molecule has 15 heavy (non-hydrogen) atoms. The number of nitrogens with zero attached hydrogens (tertiary/aromatic N) is 1. The molecule has 1 fully saturated rings. The third-order valence-corrected chi connectivity index (χ3v) is 4.28. The summed E-state index contributed by atoms with van der Waals surface area (Å²) in [5.41, 5.74) is 0.828. The van der Waals surface area contributed by atoms with Crippen LogP contribution >= 0.6 is 23.1 Å². The molecule has 2 rings (SSSR count). The number of thioether (sulfide) groups is 1. The van der Waals surface area contributed by atoms with Crippen LogP contribution in [0.15, 0.2) is 5.38 Å². The molecule has 1 aromatic heterocycles.